The monoisotopic (exact) mass is 319 g/mol. The molecule has 0 unspecified atom stereocenters. The van der Waals surface area contributed by atoms with Crippen LogP contribution in [0.2, 0.25) is 0 Å². The molecule has 0 bridgehead atoms. The van der Waals surface area contributed by atoms with Crippen LogP contribution in [0.5, 0.6) is 11.5 Å². The molecule has 3 heterocycles. The predicted octanol–water partition coefficient (Wildman–Crippen LogP) is 3.28. The lowest BCUT2D eigenvalue weighted by atomic mass is 10.1. The molecule has 0 saturated heterocycles. The Hall–Kier alpha value is -2.95. The van der Waals surface area contributed by atoms with Gasteiger partial charge in [0.15, 0.2) is 11.5 Å². The molecular weight excluding hydrogens is 302 g/mol. The van der Waals surface area contributed by atoms with Gasteiger partial charge < -0.3 is 14.8 Å². The quantitative estimate of drug-likeness (QED) is 0.787. The summed E-state index contributed by atoms with van der Waals surface area (Å²) in [6, 6.07) is 16.3. The van der Waals surface area contributed by atoms with Crippen LogP contribution in [0, 0.1) is 0 Å². The SMILES string of the molecule is c1ccc(-c2nn(-c3ccc4c(c3)OCCO4)c3c2CCN3)cc1. The van der Waals surface area contributed by atoms with Crippen molar-refractivity contribution in [2.75, 3.05) is 25.1 Å². The summed E-state index contributed by atoms with van der Waals surface area (Å²) in [7, 11) is 0. The molecule has 3 aromatic rings. The molecule has 2 aromatic carbocycles. The average molecular weight is 319 g/mol. The van der Waals surface area contributed by atoms with Gasteiger partial charge in [-0.3, -0.25) is 0 Å². The number of anilines is 1. The molecule has 0 aliphatic carbocycles. The molecule has 0 spiro atoms. The third-order valence-corrected chi connectivity index (χ3v) is 4.47. The first-order chi connectivity index (χ1) is 11.9. The highest BCUT2D eigenvalue weighted by atomic mass is 16.6. The zero-order valence-electron chi connectivity index (χ0n) is 13.2. The minimum atomic E-state index is 0.585. The Morgan fingerprint density at radius 1 is 0.958 bits per heavy atom. The predicted molar refractivity (Wildman–Crippen MR) is 92.2 cm³/mol. The lowest BCUT2D eigenvalue weighted by Crippen LogP contribution is -2.15. The van der Waals surface area contributed by atoms with E-state index in [-0.39, 0.29) is 0 Å². The van der Waals surface area contributed by atoms with E-state index in [4.69, 9.17) is 14.6 Å². The fourth-order valence-electron chi connectivity index (χ4n) is 3.35. The summed E-state index contributed by atoms with van der Waals surface area (Å²) in [5.74, 6) is 2.65. The van der Waals surface area contributed by atoms with Crippen molar-refractivity contribution < 1.29 is 9.47 Å². The lowest BCUT2D eigenvalue weighted by Gasteiger charge is -2.19. The van der Waals surface area contributed by atoms with E-state index in [1.54, 1.807) is 0 Å². The maximum atomic E-state index is 5.71. The van der Waals surface area contributed by atoms with Crippen molar-refractivity contribution in [3.8, 4) is 28.4 Å². The summed E-state index contributed by atoms with van der Waals surface area (Å²) in [6.07, 6.45) is 0.990. The molecule has 120 valence electrons. The highest BCUT2D eigenvalue weighted by Gasteiger charge is 2.24. The van der Waals surface area contributed by atoms with Crippen molar-refractivity contribution in [1.82, 2.24) is 9.78 Å². The molecule has 1 N–H and O–H groups in total. The summed E-state index contributed by atoms with van der Waals surface area (Å²) >= 11 is 0. The van der Waals surface area contributed by atoms with Gasteiger partial charge in [-0.05, 0) is 18.6 Å². The van der Waals surface area contributed by atoms with Crippen molar-refractivity contribution in [3.05, 3.63) is 54.1 Å². The van der Waals surface area contributed by atoms with E-state index >= 15 is 0 Å². The Morgan fingerprint density at radius 2 is 1.79 bits per heavy atom. The summed E-state index contributed by atoms with van der Waals surface area (Å²) in [5, 5.41) is 8.34. The van der Waals surface area contributed by atoms with Gasteiger partial charge >= 0.3 is 0 Å². The summed E-state index contributed by atoms with van der Waals surface area (Å²) in [4.78, 5) is 0. The van der Waals surface area contributed by atoms with Crippen LogP contribution in [0.25, 0.3) is 16.9 Å². The zero-order valence-corrected chi connectivity index (χ0v) is 13.2. The Bertz CT molecular complexity index is 902. The molecule has 0 fully saturated rings. The van der Waals surface area contributed by atoms with E-state index in [0.29, 0.717) is 13.2 Å². The first kappa shape index (κ1) is 13.5. The molecule has 1 aromatic heterocycles. The van der Waals surface area contributed by atoms with Crippen molar-refractivity contribution in [3.63, 3.8) is 0 Å². The molecule has 5 nitrogen and oxygen atoms in total. The number of nitrogens with one attached hydrogen (secondary N) is 1. The first-order valence-corrected chi connectivity index (χ1v) is 8.21. The molecule has 2 aliphatic rings. The van der Waals surface area contributed by atoms with E-state index in [1.807, 2.05) is 41.1 Å². The summed E-state index contributed by atoms with van der Waals surface area (Å²) < 4.78 is 13.3. The van der Waals surface area contributed by atoms with E-state index in [0.717, 1.165) is 47.2 Å². The minimum absolute atomic E-state index is 0.585. The molecule has 0 atom stereocenters. The number of hydrogen-bond donors (Lipinski definition) is 1. The summed E-state index contributed by atoms with van der Waals surface area (Å²) in [6.45, 7) is 2.13. The Kier molecular flexibility index (Phi) is 2.98. The Balaban J connectivity index is 1.65. The molecule has 0 amide bonds. The largest absolute Gasteiger partial charge is 0.486 e. The van der Waals surface area contributed by atoms with Crippen LogP contribution < -0.4 is 14.8 Å². The molecule has 2 aliphatic heterocycles. The van der Waals surface area contributed by atoms with Crippen molar-refractivity contribution in [2.24, 2.45) is 0 Å². The third-order valence-electron chi connectivity index (χ3n) is 4.47. The molecule has 5 rings (SSSR count). The highest BCUT2D eigenvalue weighted by Crippen LogP contribution is 2.37. The lowest BCUT2D eigenvalue weighted by molar-refractivity contribution is 0.171. The van der Waals surface area contributed by atoms with Gasteiger partial charge in [-0.25, -0.2) is 4.68 Å². The summed E-state index contributed by atoms with van der Waals surface area (Å²) in [5.41, 5.74) is 4.45. The normalized spacial score (nSPS) is 15.0. The number of rotatable bonds is 2. The highest BCUT2D eigenvalue weighted by molar-refractivity contribution is 5.73. The van der Waals surface area contributed by atoms with E-state index in [1.165, 1.54) is 5.56 Å². The zero-order chi connectivity index (χ0) is 15.9. The fraction of sp³-hybridized carbons (Fsp3) is 0.211. The number of aromatic nitrogens is 2. The van der Waals surface area contributed by atoms with Crippen LogP contribution in [0.15, 0.2) is 48.5 Å². The number of ether oxygens (including phenoxy) is 2. The topological polar surface area (TPSA) is 48.3 Å². The number of benzene rings is 2. The Labute approximate surface area is 139 Å². The van der Waals surface area contributed by atoms with Crippen molar-refractivity contribution in [1.29, 1.82) is 0 Å². The molecule has 24 heavy (non-hydrogen) atoms. The van der Waals surface area contributed by atoms with Crippen LogP contribution in [0.3, 0.4) is 0 Å². The minimum Gasteiger partial charge on any atom is -0.486 e. The van der Waals surface area contributed by atoms with Crippen molar-refractivity contribution in [2.45, 2.75) is 6.42 Å². The third kappa shape index (κ3) is 2.05. The second kappa shape index (κ2) is 5.30. The first-order valence-electron chi connectivity index (χ1n) is 8.21. The van der Waals surface area contributed by atoms with Gasteiger partial charge in [-0.1, -0.05) is 30.3 Å². The second-order valence-corrected chi connectivity index (χ2v) is 5.96. The van der Waals surface area contributed by atoms with Gasteiger partial charge in [0.05, 0.1) is 11.4 Å². The van der Waals surface area contributed by atoms with E-state index < -0.39 is 0 Å². The average Bonchev–Trinajstić information content (AvgIpc) is 3.24. The molecular formula is C19H17N3O2. The molecule has 0 radical (unpaired) electrons. The van der Waals surface area contributed by atoms with E-state index in [2.05, 4.69) is 17.4 Å². The number of nitrogens with zero attached hydrogens (tertiary/aromatic N) is 2. The smallest absolute Gasteiger partial charge is 0.163 e. The van der Waals surface area contributed by atoms with Crippen molar-refractivity contribution >= 4 is 5.82 Å². The van der Waals surface area contributed by atoms with Gasteiger partial charge in [0.1, 0.15) is 19.0 Å². The Morgan fingerprint density at radius 3 is 2.67 bits per heavy atom. The molecule has 0 saturated carbocycles. The van der Waals surface area contributed by atoms with Gasteiger partial charge in [0.2, 0.25) is 0 Å². The van der Waals surface area contributed by atoms with Gasteiger partial charge in [0, 0.05) is 23.7 Å². The number of fused-ring (bicyclic) bond motifs is 2. The maximum Gasteiger partial charge on any atom is 0.163 e. The molecule has 5 heteroatoms. The van der Waals surface area contributed by atoms with Crippen LogP contribution in [0.1, 0.15) is 5.56 Å². The maximum absolute atomic E-state index is 5.71. The van der Waals surface area contributed by atoms with Gasteiger partial charge in [-0.15, -0.1) is 0 Å². The van der Waals surface area contributed by atoms with Crippen LogP contribution in [-0.4, -0.2) is 29.5 Å². The van der Waals surface area contributed by atoms with E-state index in [9.17, 15) is 0 Å². The standard InChI is InChI=1S/C19H17N3O2/c1-2-4-13(5-3-1)18-15-8-9-20-19(15)22(21-18)14-6-7-16-17(12-14)24-11-10-23-16/h1-7,12,20H,8-11H2. The van der Waals surface area contributed by atoms with Gasteiger partial charge in [-0.2, -0.15) is 5.10 Å². The van der Waals surface area contributed by atoms with Crippen LogP contribution >= 0.6 is 0 Å². The second-order valence-electron chi connectivity index (χ2n) is 5.96. The fourth-order valence-corrected chi connectivity index (χ4v) is 3.35. The number of hydrogen-bond acceptors (Lipinski definition) is 4. The van der Waals surface area contributed by atoms with Gasteiger partial charge in [0.25, 0.3) is 0 Å². The van der Waals surface area contributed by atoms with Crippen LogP contribution in [0.4, 0.5) is 5.82 Å². The van der Waals surface area contributed by atoms with Crippen LogP contribution in [-0.2, 0) is 6.42 Å².